The van der Waals surface area contributed by atoms with E-state index in [0.717, 1.165) is 20.9 Å². The van der Waals surface area contributed by atoms with Crippen LogP contribution < -0.4 is 10.6 Å². The summed E-state index contributed by atoms with van der Waals surface area (Å²) in [6, 6.07) is 9.32. The van der Waals surface area contributed by atoms with Gasteiger partial charge in [-0.1, -0.05) is 18.2 Å². The molecule has 0 saturated carbocycles. The Morgan fingerprint density at radius 2 is 2.10 bits per heavy atom. The van der Waals surface area contributed by atoms with Gasteiger partial charge in [-0.2, -0.15) is 0 Å². The number of carbonyl (C=O) groups is 2. The topological polar surface area (TPSA) is 96.1 Å². The van der Waals surface area contributed by atoms with E-state index in [0.29, 0.717) is 23.4 Å². The number of carbonyl (C=O) groups excluding carboxylic acids is 2. The van der Waals surface area contributed by atoms with Crippen LogP contribution in [0.4, 0.5) is 10.6 Å². The molecule has 7 nitrogen and oxygen atoms in total. The number of alkyl carbamates (subject to hydrolysis) is 1. The second-order valence-electron chi connectivity index (χ2n) is 8.40. The van der Waals surface area contributed by atoms with E-state index in [1.807, 2.05) is 57.3 Å². The number of rotatable bonds is 4. The molecule has 1 aliphatic heterocycles. The molecule has 0 unspecified atom stereocenters. The number of nitrogens with zero attached hydrogens (tertiary/aromatic N) is 1. The molecule has 0 radical (unpaired) electrons. The van der Waals surface area contributed by atoms with Gasteiger partial charge >= 0.3 is 6.09 Å². The van der Waals surface area contributed by atoms with E-state index in [1.54, 1.807) is 12.3 Å². The van der Waals surface area contributed by atoms with E-state index in [2.05, 4.69) is 36.5 Å². The number of amides is 2. The predicted molar refractivity (Wildman–Crippen MR) is 124 cm³/mol. The first kappa shape index (κ1) is 21.1. The lowest BCUT2D eigenvalue weighted by Gasteiger charge is -2.22. The Kier molecular flexibility index (Phi) is 5.58. The maximum atomic E-state index is 12.6. The molecule has 1 atom stereocenters. The fourth-order valence-corrected chi connectivity index (χ4v) is 3.89. The first-order chi connectivity index (χ1) is 14.7. The van der Waals surface area contributed by atoms with Gasteiger partial charge in [0.25, 0.3) is 5.91 Å². The minimum Gasteiger partial charge on any atom is -0.444 e. The highest BCUT2D eigenvalue weighted by atomic mass is 79.9. The zero-order chi connectivity index (χ0) is 22.2. The van der Waals surface area contributed by atoms with Crippen LogP contribution in [0, 0.1) is 0 Å². The van der Waals surface area contributed by atoms with E-state index in [4.69, 9.17) is 4.74 Å². The van der Waals surface area contributed by atoms with Crippen molar-refractivity contribution >= 4 is 50.2 Å². The average Bonchev–Trinajstić information content (AvgIpc) is 3.22. The van der Waals surface area contributed by atoms with Crippen molar-refractivity contribution in [2.45, 2.75) is 38.8 Å². The lowest BCUT2D eigenvalue weighted by molar-refractivity contribution is -0.110. The molecule has 0 aliphatic carbocycles. The van der Waals surface area contributed by atoms with Gasteiger partial charge in [0.2, 0.25) is 0 Å². The third kappa shape index (κ3) is 4.80. The Morgan fingerprint density at radius 1 is 1.32 bits per heavy atom. The molecule has 1 aromatic carbocycles. The number of anilines is 1. The monoisotopic (exact) mass is 482 g/mol. The zero-order valence-electron chi connectivity index (χ0n) is 17.5. The van der Waals surface area contributed by atoms with Crippen LogP contribution in [0.5, 0.6) is 0 Å². The van der Waals surface area contributed by atoms with Gasteiger partial charge in [0.15, 0.2) is 0 Å². The Hall–Kier alpha value is -3.13. The molecule has 2 amide bonds. The summed E-state index contributed by atoms with van der Waals surface area (Å²) in [4.78, 5) is 32.7. The molecule has 31 heavy (non-hydrogen) atoms. The van der Waals surface area contributed by atoms with Gasteiger partial charge in [0.1, 0.15) is 11.4 Å². The fourth-order valence-electron chi connectivity index (χ4n) is 3.56. The molecule has 2 aromatic heterocycles. The number of aromatic nitrogens is 2. The summed E-state index contributed by atoms with van der Waals surface area (Å²) in [6.45, 7) is 5.43. The summed E-state index contributed by atoms with van der Waals surface area (Å²) in [7, 11) is 0. The van der Waals surface area contributed by atoms with Crippen molar-refractivity contribution in [2.75, 3.05) is 5.32 Å². The molecular formula is C23H23BrN4O3. The number of hydrogen-bond acceptors (Lipinski definition) is 4. The van der Waals surface area contributed by atoms with E-state index in [1.165, 1.54) is 0 Å². The van der Waals surface area contributed by atoms with Crippen LogP contribution in [0.15, 0.2) is 53.3 Å². The van der Waals surface area contributed by atoms with Crippen LogP contribution in [0.2, 0.25) is 0 Å². The van der Waals surface area contributed by atoms with Crippen molar-refractivity contribution in [2.24, 2.45) is 0 Å². The lowest BCUT2D eigenvalue weighted by atomic mass is 10.0. The summed E-state index contributed by atoms with van der Waals surface area (Å²) in [6.07, 6.45) is 5.26. The number of aromatic amines is 1. The van der Waals surface area contributed by atoms with Crippen molar-refractivity contribution in [1.29, 1.82) is 0 Å². The SMILES string of the molecule is CC(C)(C)OC(=O)N[C@H](C=C1C(=O)Nc2ncc(Br)cc21)Cc1c[nH]c2ccccc12. The number of para-hydroxylation sites is 1. The summed E-state index contributed by atoms with van der Waals surface area (Å²) >= 11 is 3.40. The molecule has 8 heteroatoms. The normalized spacial score (nSPS) is 15.6. The Morgan fingerprint density at radius 3 is 2.87 bits per heavy atom. The van der Waals surface area contributed by atoms with Gasteiger partial charge in [-0.3, -0.25) is 4.79 Å². The average molecular weight is 483 g/mol. The van der Waals surface area contributed by atoms with Gasteiger partial charge in [-0.15, -0.1) is 0 Å². The Bertz CT molecular complexity index is 1190. The highest BCUT2D eigenvalue weighted by Crippen LogP contribution is 2.32. The molecule has 0 saturated heterocycles. The first-order valence-corrected chi connectivity index (χ1v) is 10.7. The van der Waals surface area contributed by atoms with Crippen molar-refractivity contribution < 1.29 is 14.3 Å². The Labute approximate surface area is 188 Å². The fraction of sp³-hybridized carbons (Fsp3) is 0.261. The molecule has 3 aromatic rings. The minimum atomic E-state index is -0.630. The molecular weight excluding hydrogens is 460 g/mol. The van der Waals surface area contributed by atoms with Crippen molar-refractivity contribution in [3.05, 3.63) is 64.4 Å². The van der Waals surface area contributed by atoms with Crippen LogP contribution in [0.3, 0.4) is 0 Å². The maximum absolute atomic E-state index is 12.6. The van der Waals surface area contributed by atoms with Crippen LogP contribution in [0.1, 0.15) is 31.9 Å². The second-order valence-corrected chi connectivity index (χ2v) is 9.32. The summed E-state index contributed by atoms with van der Waals surface area (Å²) in [5.41, 5.74) is 2.56. The third-order valence-corrected chi connectivity index (χ3v) is 5.24. The van der Waals surface area contributed by atoms with Crippen molar-refractivity contribution in [1.82, 2.24) is 15.3 Å². The third-order valence-electron chi connectivity index (χ3n) is 4.81. The van der Waals surface area contributed by atoms with E-state index < -0.39 is 17.7 Å². The number of hydrogen-bond donors (Lipinski definition) is 3. The summed E-state index contributed by atoms with van der Waals surface area (Å²) in [5, 5.41) is 6.74. The van der Waals surface area contributed by atoms with Gasteiger partial charge in [0.05, 0.1) is 6.04 Å². The van der Waals surface area contributed by atoms with E-state index in [9.17, 15) is 9.59 Å². The largest absolute Gasteiger partial charge is 0.444 e. The van der Waals surface area contributed by atoms with Crippen LogP contribution in [-0.4, -0.2) is 33.6 Å². The van der Waals surface area contributed by atoms with E-state index in [-0.39, 0.29) is 5.91 Å². The standard InChI is InChI=1S/C23H23BrN4O3/c1-23(2,3)31-22(30)27-15(8-13-11-25-19-7-5-4-6-16(13)19)10-18-17-9-14(24)12-26-20(17)28-21(18)29/h4-7,9-12,15,25H,8H2,1-3H3,(H,27,30)(H,26,28,29)/t15-/m0/s1. The van der Waals surface area contributed by atoms with Gasteiger partial charge in [0, 0.05) is 38.9 Å². The summed E-state index contributed by atoms with van der Waals surface area (Å²) in [5.74, 6) is 0.248. The smallest absolute Gasteiger partial charge is 0.408 e. The van der Waals surface area contributed by atoms with Crippen molar-refractivity contribution in [3.63, 3.8) is 0 Å². The van der Waals surface area contributed by atoms with Crippen LogP contribution in [-0.2, 0) is 16.0 Å². The predicted octanol–water partition coefficient (Wildman–Crippen LogP) is 4.80. The molecule has 160 valence electrons. The molecule has 3 N–H and O–H groups in total. The van der Waals surface area contributed by atoms with Crippen molar-refractivity contribution in [3.8, 4) is 0 Å². The number of ether oxygens (including phenoxy) is 1. The highest BCUT2D eigenvalue weighted by molar-refractivity contribution is 9.10. The molecule has 4 rings (SSSR count). The number of nitrogens with one attached hydrogen (secondary N) is 3. The highest BCUT2D eigenvalue weighted by Gasteiger charge is 2.28. The van der Waals surface area contributed by atoms with Crippen LogP contribution in [0.25, 0.3) is 16.5 Å². The van der Waals surface area contributed by atoms with Gasteiger partial charge in [-0.25, -0.2) is 9.78 Å². The zero-order valence-corrected chi connectivity index (χ0v) is 19.0. The number of halogens is 1. The quantitative estimate of drug-likeness (QED) is 0.465. The van der Waals surface area contributed by atoms with Crippen LogP contribution >= 0.6 is 15.9 Å². The number of fused-ring (bicyclic) bond motifs is 2. The van der Waals surface area contributed by atoms with Gasteiger partial charge < -0.3 is 20.4 Å². The molecule has 0 spiro atoms. The van der Waals surface area contributed by atoms with E-state index >= 15 is 0 Å². The number of H-pyrrole nitrogens is 1. The Balaban J connectivity index is 1.69. The summed E-state index contributed by atoms with van der Waals surface area (Å²) < 4.78 is 6.21. The lowest BCUT2D eigenvalue weighted by Crippen LogP contribution is -2.39. The molecule has 0 fully saturated rings. The minimum absolute atomic E-state index is 0.254. The molecule has 0 bridgehead atoms. The van der Waals surface area contributed by atoms with Gasteiger partial charge in [-0.05, 0) is 66.9 Å². The maximum Gasteiger partial charge on any atom is 0.408 e. The second kappa shape index (κ2) is 8.19. The molecule has 1 aliphatic rings. The molecule has 3 heterocycles. The number of benzene rings is 1. The first-order valence-electron chi connectivity index (χ1n) is 9.93. The number of pyridine rings is 1.